The molecule has 6 nitrogen and oxygen atoms in total. The van der Waals surface area contributed by atoms with Crippen molar-refractivity contribution >= 4 is 39.1 Å². The number of hydrogen-bond acceptors (Lipinski definition) is 4. The molecule has 1 amide bonds. The van der Waals surface area contributed by atoms with Crippen LogP contribution < -0.4 is 10.1 Å². The van der Waals surface area contributed by atoms with E-state index in [0.29, 0.717) is 22.9 Å². The fourth-order valence-corrected chi connectivity index (χ4v) is 4.59. The Kier molecular flexibility index (Phi) is 7.50. The van der Waals surface area contributed by atoms with Crippen molar-refractivity contribution < 1.29 is 9.53 Å². The highest BCUT2D eigenvalue weighted by molar-refractivity contribution is 9.10. The summed E-state index contributed by atoms with van der Waals surface area (Å²) in [6, 6.07) is 12.5. The highest BCUT2D eigenvalue weighted by Crippen LogP contribution is 2.37. The molecule has 0 bridgehead atoms. The van der Waals surface area contributed by atoms with E-state index in [0.717, 1.165) is 41.1 Å². The molecule has 32 heavy (non-hydrogen) atoms. The summed E-state index contributed by atoms with van der Waals surface area (Å²) in [6.07, 6.45) is 5.59. The summed E-state index contributed by atoms with van der Waals surface area (Å²) in [4.78, 5) is 15.1. The molecule has 2 aromatic carbocycles. The van der Waals surface area contributed by atoms with Gasteiger partial charge >= 0.3 is 0 Å². The molecule has 4 rings (SSSR count). The molecule has 2 heterocycles. The third-order valence-corrected chi connectivity index (χ3v) is 6.44. The molecule has 0 unspecified atom stereocenters. The van der Waals surface area contributed by atoms with Gasteiger partial charge in [-0.15, -0.1) is 0 Å². The normalized spacial score (nSPS) is 14.3. The van der Waals surface area contributed by atoms with Crippen molar-refractivity contribution in [3.05, 3.63) is 63.7 Å². The first kappa shape index (κ1) is 22.8. The fourth-order valence-electron chi connectivity index (χ4n) is 3.90. The van der Waals surface area contributed by atoms with Crippen LogP contribution in [-0.2, 0) is 7.05 Å². The molecule has 0 atom stereocenters. The van der Waals surface area contributed by atoms with Gasteiger partial charge in [0.15, 0.2) is 0 Å². The lowest BCUT2D eigenvalue weighted by Gasteiger charge is -2.26. The predicted octanol–water partition coefficient (Wildman–Crippen LogP) is 5.62. The van der Waals surface area contributed by atoms with E-state index in [1.807, 2.05) is 25.2 Å². The third-order valence-electron chi connectivity index (χ3n) is 5.61. The van der Waals surface area contributed by atoms with Crippen LogP contribution in [0.25, 0.3) is 11.3 Å². The van der Waals surface area contributed by atoms with E-state index in [1.54, 1.807) is 35.1 Å². The summed E-state index contributed by atoms with van der Waals surface area (Å²) in [5.41, 5.74) is 2.97. The van der Waals surface area contributed by atoms with E-state index >= 15 is 0 Å². The van der Waals surface area contributed by atoms with Gasteiger partial charge < -0.3 is 10.1 Å². The number of rotatable bonds is 7. The van der Waals surface area contributed by atoms with Gasteiger partial charge in [0.2, 0.25) is 0 Å². The number of amides is 1. The maximum atomic E-state index is 12.7. The molecule has 8 heteroatoms. The van der Waals surface area contributed by atoms with Crippen LogP contribution in [0.3, 0.4) is 0 Å². The second kappa shape index (κ2) is 10.5. The van der Waals surface area contributed by atoms with Crippen LogP contribution in [-0.4, -0.2) is 46.8 Å². The number of nitrogens with one attached hydrogen (secondary N) is 1. The zero-order valence-electron chi connectivity index (χ0n) is 18.0. The van der Waals surface area contributed by atoms with E-state index < -0.39 is 0 Å². The van der Waals surface area contributed by atoms with Crippen molar-refractivity contribution in [2.24, 2.45) is 7.05 Å². The number of halogens is 2. The zero-order chi connectivity index (χ0) is 22.5. The first-order valence-electron chi connectivity index (χ1n) is 10.8. The Morgan fingerprint density at radius 3 is 2.59 bits per heavy atom. The first-order valence-corrected chi connectivity index (χ1v) is 11.9. The smallest absolute Gasteiger partial charge is 0.255 e. The van der Waals surface area contributed by atoms with Crippen molar-refractivity contribution in [2.75, 3.05) is 31.6 Å². The molecule has 168 valence electrons. The van der Waals surface area contributed by atoms with Crippen LogP contribution in [0.15, 0.2) is 53.1 Å². The number of benzene rings is 2. The number of aromatic nitrogens is 2. The van der Waals surface area contributed by atoms with Crippen molar-refractivity contribution in [1.29, 1.82) is 0 Å². The molecule has 1 fully saturated rings. The van der Waals surface area contributed by atoms with Gasteiger partial charge in [0.05, 0.1) is 16.4 Å². The summed E-state index contributed by atoms with van der Waals surface area (Å²) in [7, 11) is 1.89. The molecule has 0 saturated carbocycles. The minimum Gasteiger partial charge on any atom is -0.492 e. The molecule has 3 aromatic rings. The summed E-state index contributed by atoms with van der Waals surface area (Å²) in [6.45, 7) is 3.79. The summed E-state index contributed by atoms with van der Waals surface area (Å²) < 4.78 is 8.86. The van der Waals surface area contributed by atoms with Crippen molar-refractivity contribution in [3.63, 3.8) is 0 Å². The lowest BCUT2D eigenvalue weighted by atomic mass is 10.1. The summed E-state index contributed by atoms with van der Waals surface area (Å²) in [5, 5.41) is 7.90. The summed E-state index contributed by atoms with van der Waals surface area (Å²) in [5.74, 6) is 0.561. The first-order chi connectivity index (χ1) is 15.5. The Morgan fingerprint density at radius 1 is 1.16 bits per heavy atom. The second-order valence-corrected chi connectivity index (χ2v) is 9.18. The highest BCUT2D eigenvalue weighted by Gasteiger charge is 2.17. The number of carbonyl (C=O) groups is 1. The number of hydrogen-bond donors (Lipinski definition) is 1. The van der Waals surface area contributed by atoms with Gasteiger partial charge in [0.1, 0.15) is 12.4 Å². The van der Waals surface area contributed by atoms with Gasteiger partial charge in [0, 0.05) is 35.4 Å². The largest absolute Gasteiger partial charge is 0.492 e. The van der Waals surface area contributed by atoms with Crippen LogP contribution in [0, 0.1) is 0 Å². The summed E-state index contributed by atoms with van der Waals surface area (Å²) >= 11 is 9.52. The molecule has 0 aliphatic carbocycles. The van der Waals surface area contributed by atoms with Crippen LogP contribution in [0.2, 0.25) is 5.02 Å². The van der Waals surface area contributed by atoms with Gasteiger partial charge in [-0.05, 0) is 84.3 Å². The van der Waals surface area contributed by atoms with Crippen molar-refractivity contribution in [2.45, 2.75) is 19.3 Å². The van der Waals surface area contributed by atoms with Crippen LogP contribution in [0.1, 0.15) is 29.6 Å². The third kappa shape index (κ3) is 5.52. The van der Waals surface area contributed by atoms with E-state index in [-0.39, 0.29) is 5.91 Å². The number of piperidine rings is 1. The van der Waals surface area contributed by atoms with Crippen molar-refractivity contribution in [1.82, 2.24) is 14.7 Å². The quantitative estimate of drug-likeness (QED) is 0.442. The minimum absolute atomic E-state index is 0.199. The average Bonchev–Trinajstić information content (AvgIpc) is 3.13. The van der Waals surface area contributed by atoms with Gasteiger partial charge in [-0.1, -0.05) is 18.0 Å². The van der Waals surface area contributed by atoms with Gasteiger partial charge in [0.25, 0.3) is 5.91 Å². The fraction of sp³-hybridized carbons (Fsp3) is 0.333. The number of nitrogens with zero attached hydrogens (tertiary/aromatic N) is 3. The molecule has 1 aromatic heterocycles. The van der Waals surface area contributed by atoms with Crippen LogP contribution in [0.4, 0.5) is 5.69 Å². The Morgan fingerprint density at radius 2 is 1.91 bits per heavy atom. The second-order valence-electron chi connectivity index (χ2n) is 7.89. The van der Waals surface area contributed by atoms with E-state index in [9.17, 15) is 4.79 Å². The lowest BCUT2D eigenvalue weighted by Crippen LogP contribution is -2.33. The minimum atomic E-state index is -0.199. The molecule has 1 aliphatic heterocycles. The SMILES string of the molecule is Cn1ncc(Br)c1-c1cc(NC(=O)c2ccc(Cl)cc2)ccc1OCCN1CCCCC1. The van der Waals surface area contributed by atoms with E-state index in [4.69, 9.17) is 16.3 Å². The number of likely N-dealkylation sites (tertiary alicyclic amines) is 1. The zero-order valence-corrected chi connectivity index (χ0v) is 20.3. The van der Waals surface area contributed by atoms with Gasteiger partial charge in [-0.3, -0.25) is 14.4 Å². The molecular weight excluding hydrogens is 492 g/mol. The topological polar surface area (TPSA) is 59.4 Å². The molecule has 1 aliphatic rings. The highest BCUT2D eigenvalue weighted by atomic mass is 79.9. The number of aryl methyl sites for hydroxylation is 1. The monoisotopic (exact) mass is 516 g/mol. The standard InChI is InChI=1S/C24H26BrClN4O2/c1-29-23(21(25)16-27-29)20-15-19(28-24(31)17-5-7-18(26)8-6-17)9-10-22(20)32-14-13-30-11-3-2-4-12-30/h5-10,15-16H,2-4,11-14H2,1H3,(H,28,31). The van der Waals surface area contributed by atoms with Gasteiger partial charge in [-0.2, -0.15) is 5.10 Å². The Hall–Kier alpha value is -2.35. The maximum absolute atomic E-state index is 12.7. The predicted molar refractivity (Wildman–Crippen MR) is 132 cm³/mol. The molecule has 1 saturated heterocycles. The number of ether oxygens (including phenoxy) is 1. The molecule has 0 radical (unpaired) electrons. The Balaban J connectivity index is 1.54. The Bertz CT molecular complexity index is 1060. The van der Waals surface area contributed by atoms with Crippen LogP contribution >= 0.6 is 27.5 Å². The number of carbonyl (C=O) groups excluding carboxylic acids is 1. The number of anilines is 1. The molecular formula is C24H26BrClN4O2. The average molecular weight is 518 g/mol. The van der Waals surface area contributed by atoms with Gasteiger partial charge in [-0.25, -0.2) is 0 Å². The van der Waals surface area contributed by atoms with E-state index in [2.05, 4.69) is 31.2 Å². The molecule has 0 spiro atoms. The Labute approximate surface area is 201 Å². The maximum Gasteiger partial charge on any atom is 0.255 e. The van der Waals surface area contributed by atoms with Crippen LogP contribution in [0.5, 0.6) is 5.75 Å². The molecule has 1 N–H and O–H groups in total. The lowest BCUT2D eigenvalue weighted by molar-refractivity contribution is 0.102. The van der Waals surface area contributed by atoms with E-state index in [1.165, 1.54) is 19.3 Å². The van der Waals surface area contributed by atoms with Crippen molar-refractivity contribution in [3.8, 4) is 17.0 Å².